The molecule has 0 N–H and O–H groups in total. The van der Waals surface area contributed by atoms with Gasteiger partial charge in [0.2, 0.25) is 0 Å². The van der Waals surface area contributed by atoms with Gasteiger partial charge in [-0.05, 0) is 60.2 Å². The van der Waals surface area contributed by atoms with E-state index in [1.807, 2.05) is 0 Å². The summed E-state index contributed by atoms with van der Waals surface area (Å²) in [6.45, 7) is 2.16. The Morgan fingerprint density at radius 1 is 0.812 bits per heavy atom. The predicted octanol–water partition coefficient (Wildman–Crippen LogP) is 6.85. The van der Waals surface area contributed by atoms with Crippen molar-refractivity contribution in [1.82, 2.24) is 9.97 Å². The molecule has 5 heteroatoms. The third-order valence-corrected chi connectivity index (χ3v) is 5.25. The van der Waals surface area contributed by atoms with E-state index >= 15 is 0 Å². The van der Waals surface area contributed by atoms with Crippen LogP contribution in [0.4, 0.5) is 13.2 Å². The Morgan fingerprint density at radius 3 is 2.38 bits per heavy atom. The molecule has 0 saturated carbocycles. The fraction of sp³-hybridized carbons (Fsp3) is 0.185. The number of hydrogen-bond donors (Lipinski definition) is 0. The van der Waals surface area contributed by atoms with E-state index in [-0.39, 0.29) is 10.9 Å². The van der Waals surface area contributed by atoms with Crippen LogP contribution in [0.2, 0.25) is 0 Å². The Labute approximate surface area is 185 Å². The van der Waals surface area contributed by atoms with Crippen LogP contribution in [0.5, 0.6) is 0 Å². The van der Waals surface area contributed by atoms with Crippen LogP contribution in [-0.2, 0) is 6.42 Å². The molecule has 160 valence electrons. The van der Waals surface area contributed by atoms with Crippen LogP contribution in [0, 0.1) is 29.3 Å². The highest BCUT2D eigenvalue weighted by atomic mass is 19.2. The van der Waals surface area contributed by atoms with Gasteiger partial charge in [0.1, 0.15) is 5.82 Å². The van der Waals surface area contributed by atoms with Gasteiger partial charge in [0.05, 0.1) is 5.56 Å². The predicted molar refractivity (Wildman–Crippen MR) is 120 cm³/mol. The first-order valence-electron chi connectivity index (χ1n) is 10.6. The van der Waals surface area contributed by atoms with Crippen LogP contribution in [-0.4, -0.2) is 9.97 Å². The maximum atomic E-state index is 14.6. The largest absolute Gasteiger partial charge is 0.236 e. The molecule has 1 heterocycles. The van der Waals surface area contributed by atoms with Crippen molar-refractivity contribution < 1.29 is 13.2 Å². The summed E-state index contributed by atoms with van der Waals surface area (Å²) >= 11 is 0. The summed E-state index contributed by atoms with van der Waals surface area (Å²) in [5, 5.41) is 0.712. The van der Waals surface area contributed by atoms with E-state index in [0.29, 0.717) is 22.3 Å². The number of benzene rings is 3. The standard InChI is InChI=1S/C27H21F3N2/c1-2-3-4-5-19-16-31-27(32-17-19)22-10-9-20(25(29)15-22)8-6-18-7-12-23-21(14-18)11-13-24(28)26(23)30/h7,9-17H,2-5H2,1H3. The van der Waals surface area contributed by atoms with Crippen LogP contribution in [0.15, 0.2) is 60.9 Å². The molecule has 1 aromatic heterocycles. The van der Waals surface area contributed by atoms with Gasteiger partial charge < -0.3 is 0 Å². The maximum Gasteiger partial charge on any atom is 0.166 e. The average Bonchev–Trinajstić information content (AvgIpc) is 2.81. The van der Waals surface area contributed by atoms with E-state index in [4.69, 9.17) is 0 Å². The van der Waals surface area contributed by atoms with Gasteiger partial charge in [-0.1, -0.05) is 43.7 Å². The van der Waals surface area contributed by atoms with Gasteiger partial charge in [-0.25, -0.2) is 23.1 Å². The van der Waals surface area contributed by atoms with Crippen molar-refractivity contribution in [2.75, 3.05) is 0 Å². The van der Waals surface area contributed by atoms with E-state index < -0.39 is 17.5 Å². The number of hydrogen-bond acceptors (Lipinski definition) is 2. The maximum absolute atomic E-state index is 14.6. The SMILES string of the molecule is CCCCCc1cnc(-c2ccc(C#Cc3ccc4c(F)c(F)ccc4c3)c(F)c2)nc1. The molecule has 0 atom stereocenters. The molecule has 0 unspecified atom stereocenters. The molecule has 4 aromatic rings. The number of rotatable bonds is 5. The molecular weight excluding hydrogens is 409 g/mol. The first-order chi connectivity index (χ1) is 15.5. The average molecular weight is 430 g/mol. The Hall–Kier alpha value is -3.65. The Bertz CT molecular complexity index is 1320. The van der Waals surface area contributed by atoms with E-state index in [9.17, 15) is 13.2 Å². The van der Waals surface area contributed by atoms with Crippen LogP contribution < -0.4 is 0 Å². The lowest BCUT2D eigenvalue weighted by molar-refractivity contribution is 0.517. The van der Waals surface area contributed by atoms with Gasteiger partial charge in [-0.2, -0.15) is 0 Å². The van der Waals surface area contributed by atoms with Crippen molar-refractivity contribution in [1.29, 1.82) is 0 Å². The van der Waals surface area contributed by atoms with Crippen molar-refractivity contribution in [3.63, 3.8) is 0 Å². The Kier molecular flexibility index (Phi) is 6.51. The number of nitrogens with zero attached hydrogens (tertiary/aromatic N) is 2. The van der Waals surface area contributed by atoms with Crippen LogP contribution in [0.25, 0.3) is 22.2 Å². The van der Waals surface area contributed by atoms with Crippen molar-refractivity contribution in [2.45, 2.75) is 32.6 Å². The zero-order valence-electron chi connectivity index (χ0n) is 17.6. The van der Waals surface area contributed by atoms with Gasteiger partial charge in [0, 0.05) is 28.9 Å². The van der Waals surface area contributed by atoms with Crippen molar-refractivity contribution in [3.05, 3.63) is 95.1 Å². The van der Waals surface area contributed by atoms with E-state index in [0.717, 1.165) is 30.9 Å². The molecule has 0 aliphatic carbocycles. The van der Waals surface area contributed by atoms with Crippen LogP contribution in [0.3, 0.4) is 0 Å². The topological polar surface area (TPSA) is 25.8 Å². The normalized spacial score (nSPS) is 10.8. The molecule has 4 rings (SSSR count). The highest BCUT2D eigenvalue weighted by Gasteiger charge is 2.08. The summed E-state index contributed by atoms with van der Waals surface area (Å²) in [5.41, 5.74) is 2.46. The van der Waals surface area contributed by atoms with Crippen molar-refractivity contribution in [2.24, 2.45) is 0 Å². The summed E-state index contributed by atoms with van der Waals surface area (Å²) in [4.78, 5) is 8.73. The highest BCUT2D eigenvalue weighted by Crippen LogP contribution is 2.22. The summed E-state index contributed by atoms with van der Waals surface area (Å²) in [6, 6.07) is 12.0. The lowest BCUT2D eigenvalue weighted by Crippen LogP contribution is -1.94. The number of aromatic nitrogens is 2. The number of unbranched alkanes of at least 4 members (excludes halogenated alkanes) is 2. The fourth-order valence-corrected chi connectivity index (χ4v) is 3.45. The molecule has 0 radical (unpaired) electrons. The van der Waals surface area contributed by atoms with E-state index in [2.05, 4.69) is 28.7 Å². The molecule has 0 spiro atoms. The van der Waals surface area contributed by atoms with Gasteiger partial charge in [0.25, 0.3) is 0 Å². The van der Waals surface area contributed by atoms with Gasteiger partial charge in [-0.15, -0.1) is 0 Å². The molecule has 0 amide bonds. The lowest BCUT2D eigenvalue weighted by Gasteiger charge is -2.04. The van der Waals surface area contributed by atoms with Gasteiger partial charge in [-0.3, -0.25) is 0 Å². The molecule has 0 aliphatic rings. The summed E-state index contributed by atoms with van der Waals surface area (Å²) < 4.78 is 41.8. The van der Waals surface area contributed by atoms with Gasteiger partial charge in [0.15, 0.2) is 17.5 Å². The zero-order valence-corrected chi connectivity index (χ0v) is 17.6. The second-order valence-corrected chi connectivity index (χ2v) is 7.61. The molecule has 0 fully saturated rings. The van der Waals surface area contributed by atoms with E-state index in [1.54, 1.807) is 36.7 Å². The summed E-state index contributed by atoms with van der Waals surface area (Å²) in [7, 11) is 0. The monoisotopic (exact) mass is 430 g/mol. The summed E-state index contributed by atoms with van der Waals surface area (Å²) in [5.74, 6) is 3.89. The molecule has 0 aliphatic heterocycles. The first kappa shape index (κ1) is 21.6. The molecule has 2 nitrogen and oxygen atoms in total. The van der Waals surface area contributed by atoms with E-state index in [1.165, 1.54) is 24.6 Å². The van der Waals surface area contributed by atoms with Crippen LogP contribution in [0.1, 0.15) is 42.9 Å². The fourth-order valence-electron chi connectivity index (χ4n) is 3.45. The van der Waals surface area contributed by atoms with Crippen LogP contribution >= 0.6 is 0 Å². The van der Waals surface area contributed by atoms with Crippen molar-refractivity contribution in [3.8, 4) is 23.2 Å². The Morgan fingerprint density at radius 2 is 1.62 bits per heavy atom. The minimum absolute atomic E-state index is 0.183. The molecule has 3 aromatic carbocycles. The minimum atomic E-state index is -0.895. The smallest absolute Gasteiger partial charge is 0.166 e. The molecule has 32 heavy (non-hydrogen) atoms. The third-order valence-electron chi connectivity index (χ3n) is 5.25. The Balaban J connectivity index is 1.53. The number of halogens is 3. The first-order valence-corrected chi connectivity index (χ1v) is 10.6. The zero-order chi connectivity index (χ0) is 22.5. The summed E-state index contributed by atoms with van der Waals surface area (Å²) in [6.07, 6.45) is 7.95. The van der Waals surface area contributed by atoms with Gasteiger partial charge >= 0.3 is 0 Å². The van der Waals surface area contributed by atoms with Crippen molar-refractivity contribution >= 4 is 10.8 Å². The number of fused-ring (bicyclic) bond motifs is 1. The quantitative estimate of drug-likeness (QED) is 0.256. The number of aryl methyl sites for hydroxylation is 1. The molecule has 0 bridgehead atoms. The molecule has 0 saturated heterocycles. The highest BCUT2D eigenvalue weighted by molar-refractivity contribution is 5.84. The second-order valence-electron chi connectivity index (χ2n) is 7.61. The third kappa shape index (κ3) is 4.81. The molecular formula is C27H21F3N2. The second kappa shape index (κ2) is 9.65. The lowest BCUT2D eigenvalue weighted by atomic mass is 10.1. The minimum Gasteiger partial charge on any atom is -0.236 e.